The van der Waals surface area contributed by atoms with Gasteiger partial charge in [-0.05, 0) is 49.8 Å². The fourth-order valence-electron chi connectivity index (χ4n) is 2.55. The van der Waals surface area contributed by atoms with Gasteiger partial charge in [0.05, 0.1) is 12.2 Å². The Balaban J connectivity index is 1.83. The van der Waals surface area contributed by atoms with Gasteiger partial charge in [0.15, 0.2) is 11.5 Å². The molecule has 4 nitrogen and oxygen atoms in total. The molecule has 0 fully saturated rings. The smallest absolute Gasteiger partial charge is 0.255 e. The number of para-hydroxylation sites is 1. The fourth-order valence-corrected chi connectivity index (χ4v) is 3.03. The number of carbonyl (C=O) groups excluding carboxylic acids is 1. The van der Waals surface area contributed by atoms with Crippen LogP contribution in [-0.4, -0.2) is 19.1 Å². The highest BCUT2D eigenvalue weighted by atomic mass is 79.9. The largest absolute Gasteiger partial charge is 0.490 e. The Morgan fingerprint density at radius 1 is 1.33 bits per heavy atom. The molecule has 0 saturated carbocycles. The summed E-state index contributed by atoms with van der Waals surface area (Å²) in [6.07, 6.45) is 1.85. The first-order valence-electron chi connectivity index (χ1n) is 7.75. The SMILES string of the molecule is CCOc1cccc2c1OCC(C(=O)Nc1ccc(Br)cc1C)=C2. The van der Waals surface area contributed by atoms with Crippen molar-refractivity contribution in [2.45, 2.75) is 13.8 Å². The second kappa shape index (κ2) is 7.09. The van der Waals surface area contributed by atoms with Crippen molar-refractivity contribution in [3.05, 3.63) is 57.6 Å². The summed E-state index contributed by atoms with van der Waals surface area (Å²) in [5, 5.41) is 2.94. The van der Waals surface area contributed by atoms with Crippen molar-refractivity contribution >= 4 is 33.6 Å². The van der Waals surface area contributed by atoms with E-state index in [-0.39, 0.29) is 12.5 Å². The Bertz CT molecular complexity index is 814. The number of benzene rings is 2. The average molecular weight is 388 g/mol. The van der Waals surface area contributed by atoms with Crippen molar-refractivity contribution in [1.29, 1.82) is 0 Å². The van der Waals surface area contributed by atoms with Crippen LogP contribution in [0.1, 0.15) is 18.1 Å². The Hall–Kier alpha value is -2.27. The number of anilines is 1. The van der Waals surface area contributed by atoms with E-state index >= 15 is 0 Å². The molecule has 5 heteroatoms. The van der Waals surface area contributed by atoms with Gasteiger partial charge in [0.2, 0.25) is 0 Å². The van der Waals surface area contributed by atoms with E-state index in [2.05, 4.69) is 21.2 Å². The van der Waals surface area contributed by atoms with Crippen molar-refractivity contribution in [3.63, 3.8) is 0 Å². The van der Waals surface area contributed by atoms with E-state index in [1.54, 1.807) is 0 Å². The summed E-state index contributed by atoms with van der Waals surface area (Å²) in [6.45, 7) is 4.67. The highest BCUT2D eigenvalue weighted by Gasteiger charge is 2.20. The van der Waals surface area contributed by atoms with E-state index in [1.807, 2.05) is 56.3 Å². The minimum atomic E-state index is -0.159. The molecule has 0 saturated heterocycles. The van der Waals surface area contributed by atoms with Crippen LogP contribution in [0.5, 0.6) is 11.5 Å². The van der Waals surface area contributed by atoms with Crippen molar-refractivity contribution in [2.75, 3.05) is 18.5 Å². The Morgan fingerprint density at radius 3 is 2.92 bits per heavy atom. The highest BCUT2D eigenvalue weighted by molar-refractivity contribution is 9.10. The van der Waals surface area contributed by atoms with Gasteiger partial charge in [-0.25, -0.2) is 0 Å². The molecule has 1 aliphatic rings. The van der Waals surface area contributed by atoms with Crippen LogP contribution < -0.4 is 14.8 Å². The highest BCUT2D eigenvalue weighted by Crippen LogP contribution is 2.36. The number of halogens is 1. The lowest BCUT2D eigenvalue weighted by atomic mass is 10.1. The number of hydrogen-bond donors (Lipinski definition) is 1. The van der Waals surface area contributed by atoms with Gasteiger partial charge in [-0.3, -0.25) is 4.79 Å². The number of ether oxygens (including phenoxy) is 2. The van der Waals surface area contributed by atoms with Gasteiger partial charge in [0, 0.05) is 15.7 Å². The van der Waals surface area contributed by atoms with E-state index in [0.717, 1.165) is 21.3 Å². The second-order valence-electron chi connectivity index (χ2n) is 5.48. The number of rotatable bonds is 4. The Kier molecular flexibility index (Phi) is 4.90. The first-order chi connectivity index (χ1) is 11.6. The Labute approximate surface area is 149 Å². The maximum absolute atomic E-state index is 12.5. The minimum Gasteiger partial charge on any atom is -0.490 e. The van der Waals surface area contributed by atoms with Gasteiger partial charge in [-0.1, -0.05) is 28.1 Å². The third kappa shape index (κ3) is 3.46. The predicted molar refractivity (Wildman–Crippen MR) is 98.6 cm³/mol. The molecule has 3 rings (SSSR count). The van der Waals surface area contributed by atoms with Crippen molar-refractivity contribution in [2.24, 2.45) is 0 Å². The molecule has 2 aromatic carbocycles. The monoisotopic (exact) mass is 387 g/mol. The van der Waals surface area contributed by atoms with Crippen LogP contribution in [0.15, 0.2) is 46.4 Å². The van der Waals surface area contributed by atoms with Crippen LogP contribution in [-0.2, 0) is 4.79 Å². The molecule has 0 radical (unpaired) electrons. The Morgan fingerprint density at radius 2 is 2.17 bits per heavy atom. The van der Waals surface area contributed by atoms with Crippen LogP contribution in [0.3, 0.4) is 0 Å². The summed E-state index contributed by atoms with van der Waals surface area (Å²) in [5.41, 5.74) is 3.22. The maximum atomic E-state index is 12.5. The first-order valence-corrected chi connectivity index (χ1v) is 8.54. The molecule has 0 aromatic heterocycles. The molecule has 1 N–H and O–H groups in total. The molecule has 0 aliphatic carbocycles. The second-order valence-corrected chi connectivity index (χ2v) is 6.39. The third-order valence-electron chi connectivity index (χ3n) is 3.74. The van der Waals surface area contributed by atoms with Crippen LogP contribution >= 0.6 is 15.9 Å². The van der Waals surface area contributed by atoms with Gasteiger partial charge in [-0.2, -0.15) is 0 Å². The van der Waals surface area contributed by atoms with E-state index in [0.29, 0.717) is 23.7 Å². The predicted octanol–water partition coefficient (Wildman–Crippen LogP) is 4.57. The van der Waals surface area contributed by atoms with Gasteiger partial charge in [-0.15, -0.1) is 0 Å². The number of amides is 1. The lowest BCUT2D eigenvalue weighted by Gasteiger charge is -2.20. The topological polar surface area (TPSA) is 47.6 Å². The third-order valence-corrected chi connectivity index (χ3v) is 4.23. The molecule has 1 amide bonds. The molecule has 1 aliphatic heterocycles. The molecular weight excluding hydrogens is 370 g/mol. The van der Waals surface area contributed by atoms with E-state index in [1.165, 1.54) is 0 Å². The molecule has 24 heavy (non-hydrogen) atoms. The minimum absolute atomic E-state index is 0.159. The summed E-state index contributed by atoms with van der Waals surface area (Å²) < 4.78 is 12.3. The summed E-state index contributed by atoms with van der Waals surface area (Å²) in [5.74, 6) is 1.23. The van der Waals surface area contributed by atoms with Crippen LogP contribution in [0.25, 0.3) is 6.08 Å². The average Bonchev–Trinajstić information content (AvgIpc) is 2.57. The molecular formula is C19H18BrNO3. The normalized spacial score (nSPS) is 12.7. The lowest BCUT2D eigenvalue weighted by Crippen LogP contribution is -2.21. The number of nitrogens with one attached hydrogen (secondary N) is 1. The maximum Gasteiger partial charge on any atom is 0.255 e. The van der Waals surface area contributed by atoms with Crippen molar-refractivity contribution in [3.8, 4) is 11.5 Å². The number of hydrogen-bond acceptors (Lipinski definition) is 3. The zero-order valence-corrected chi connectivity index (χ0v) is 15.1. The molecule has 0 unspecified atom stereocenters. The van der Waals surface area contributed by atoms with Gasteiger partial charge in [0.25, 0.3) is 5.91 Å². The number of carbonyl (C=O) groups is 1. The lowest BCUT2D eigenvalue weighted by molar-refractivity contribution is -0.113. The van der Waals surface area contributed by atoms with E-state index in [4.69, 9.17) is 9.47 Å². The molecule has 0 bridgehead atoms. The van der Waals surface area contributed by atoms with Crippen molar-refractivity contribution in [1.82, 2.24) is 0 Å². The quantitative estimate of drug-likeness (QED) is 0.835. The van der Waals surface area contributed by atoms with E-state index < -0.39 is 0 Å². The molecule has 0 spiro atoms. The number of aryl methyl sites for hydroxylation is 1. The van der Waals surface area contributed by atoms with Gasteiger partial charge >= 0.3 is 0 Å². The molecule has 0 atom stereocenters. The fraction of sp³-hybridized carbons (Fsp3) is 0.211. The summed E-state index contributed by atoms with van der Waals surface area (Å²) in [6, 6.07) is 11.4. The summed E-state index contributed by atoms with van der Waals surface area (Å²) in [7, 11) is 0. The van der Waals surface area contributed by atoms with E-state index in [9.17, 15) is 4.79 Å². The van der Waals surface area contributed by atoms with Gasteiger partial charge in [0.1, 0.15) is 6.61 Å². The van der Waals surface area contributed by atoms with Crippen LogP contribution in [0, 0.1) is 6.92 Å². The zero-order chi connectivity index (χ0) is 17.1. The van der Waals surface area contributed by atoms with Gasteiger partial charge < -0.3 is 14.8 Å². The summed E-state index contributed by atoms with van der Waals surface area (Å²) in [4.78, 5) is 12.5. The molecule has 1 heterocycles. The van der Waals surface area contributed by atoms with Crippen LogP contribution in [0.4, 0.5) is 5.69 Å². The van der Waals surface area contributed by atoms with Crippen LogP contribution in [0.2, 0.25) is 0 Å². The molecule has 124 valence electrons. The molecule has 2 aromatic rings. The first kappa shape index (κ1) is 16.6. The number of fused-ring (bicyclic) bond motifs is 1. The standard InChI is InChI=1S/C19H18BrNO3/c1-3-23-17-6-4-5-13-10-14(11-24-18(13)17)19(22)21-16-8-7-15(20)9-12(16)2/h4-10H,3,11H2,1-2H3,(H,21,22). The summed E-state index contributed by atoms with van der Waals surface area (Å²) >= 11 is 3.42. The van der Waals surface area contributed by atoms with Crippen molar-refractivity contribution < 1.29 is 14.3 Å². The zero-order valence-electron chi connectivity index (χ0n) is 13.6.